The maximum absolute atomic E-state index is 12.8. The fourth-order valence-corrected chi connectivity index (χ4v) is 4.28. The Labute approximate surface area is 125 Å². The van der Waals surface area contributed by atoms with Gasteiger partial charge in [0.25, 0.3) is 0 Å². The summed E-state index contributed by atoms with van der Waals surface area (Å²) >= 11 is 0. The average Bonchev–Trinajstić information content (AvgIpc) is 2.45. The minimum Gasteiger partial charge on any atom is -0.495 e. The molecule has 0 radical (unpaired) electrons. The van der Waals surface area contributed by atoms with Crippen molar-refractivity contribution in [2.45, 2.75) is 37.6 Å². The lowest BCUT2D eigenvalue weighted by molar-refractivity contribution is -0.0441. The Morgan fingerprint density at radius 2 is 1.95 bits per heavy atom. The molecule has 2 atom stereocenters. The van der Waals surface area contributed by atoms with Crippen LogP contribution >= 0.6 is 0 Å². The molecule has 0 amide bonds. The summed E-state index contributed by atoms with van der Waals surface area (Å²) in [5.41, 5.74) is 0.531. The van der Waals surface area contributed by atoms with Gasteiger partial charge in [-0.25, -0.2) is 8.42 Å². The highest BCUT2D eigenvalue weighted by Crippen LogP contribution is 2.29. The number of aliphatic hydroxyl groups is 1. The first-order valence-corrected chi connectivity index (χ1v) is 8.26. The summed E-state index contributed by atoms with van der Waals surface area (Å²) in [6.45, 7) is 4.08. The first kappa shape index (κ1) is 16.2. The van der Waals surface area contributed by atoms with Crippen molar-refractivity contribution >= 4 is 10.0 Å². The number of benzene rings is 1. The molecule has 1 aromatic carbocycles. The Balaban J connectivity index is 2.43. The van der Waals surface area contributed by atoms with E-state index in [1.165, 1.54) is 17.5 Å². The van der Waals surface area contributed by atoms with Crippen molar-refractivity contribution in [2.24, 2.45) is 0 Å². The second-order valence-corrected chi connectivity index (χ2v) is 7.13. The molecule has 0 aliphatic carbocycles. The maximum atomic E-state index is 12.8. The first-order chi connectivity index (χ1) is 9.88. The van der Waals surface area contributed by atoms with Crippen LogP contribution < -0.4 is 4.74 Å². The van der Waals surface area contributed by atoms with E-state index in [1.807, 2.05) is 13.8 Å². The molecule has 6 nitrogen and oxygen atoms in total. The number of hydrogen-bond acceptors (Lipinski definition) is 5. The van der Waals surface area contributed by atoms with E-state index in [1.54, 1.807) is 12.1 Å². The molecule has 21 heavy (non-hydrogen) atoms. The number of methoxy groups -OCH3 is 1. The van der Waals surface area contributed by atoms with Gasteiger partial charge in [-0.05, 0) is 31.5 Å². The van der Waals surface area contributed by atoms with E-state index < -0.39 is 10.0 Å². The Morgan fingerprint density at radius 1 is 1.33 bits per heavy atom. The molecule has 1 N–H and O–H groups in total. The Bertz CT molecular complexity index is 591. The lowest BCUT2D eigenvalue weighted by Gasteiger charge is -2.34. The number of nitrogens with zero attached hydrogens (tertiary/aromatic N) is 1. The minimum absolute atomic E-state index is 0.0813. The molecule has 1 aromatic rings. The molecular weight excluding hydrogens is 294 g/mol. The monoisotopic (exact) mass is 315 g/mol. The summed E-state index contributed by atoms with van der Waals surface area (Å²) in [4.78, 5) is 0.0813. The van der Waals surface area contributed by atoms with Gasteiger partial charge < -0.3 is 14.6 Å². The lowest BCUT2D eigenvalue weighted by atomic mass is 10.2. The molecule has 2 unspecified atom stereocenters. The summed E-state index contributed by atoms with van der Waals surface area (Å²) < 4.78 is 37.8. The highest BCUT2D eigenvalue weighted by atomic mass is 32.2. The number of hydrogen-bond donors (Lipinski definition) is 1. The quantitative estimate of drug-likeness (QED) is 0.896. The second kappa shape index (κ2) is 6.31. The predicted molar refractivity (Wildman–Crippen MR) is 77.7 cm³/mol. The smallest absolute Gasteiger partial charge is 0.246 e. The first-order valence-electron chi connectivity index (χ1n) is 6.82. The van der Waals surface area contributed by atoms with Crippen molar-refractivity contribution in [2.75, 3.05) is 20.2 Å². The van der Waals surface area contributed by atoms with Crippen LogP contribution in [0.3, 0.4) is 0 Å². The molecule has 1 saturated heterocycles. The van der Waals surface area contributed by atoms with Gasteiger partial charge in [0.1, 0.15) is 10.6 Å². The average molecular weight is 315 g/mol. The van der Waals surface area contributed by atoms with Gasteiger partial charge in [0, 0.05) is 13.1 Å². The van der Waals surface area contributed by atoms with Crippen molar-refractivity contribution in [1.82, 2.24) is 4.31 Å². The van der Waals surface area contributed by atoms with Crippen LogP contribution in [-0.2, 0) is 21.4 Å². The van der Waals surface area contributed by atoms with E-state index in [2.05, 4.69) is 0 Å². The molecule has 1 fully saturated rings. The summed E-state index contributed by atoms with van der Waals surface area (Å²) in [7, 11) is -2.26. The number of ether oxygens (including phenoxy) is 2. The third-order valence-corrected chi connectivity index (χ3v) is 5.27. The van der Waals surface area contributed by atoms with Gasteiger partial charge in [0.2, 0.25) is 10.0 Å². The van der Waals surface area contributed by atoms with E-state index in [-0.39, 0.29) is 29.5 Å². The van der Waals surface area contributed by atoms with Crippen LogP contribution in [0.2, 0.25) is 0 Å². The van der Waals surface area contributed by atoms with Gasteiger partial charge >= 0.3 is 0 Å². The molecule has 0 saturated carbocycles. The van der Waals surface area contributed by atoms with Crippen LogP contribution in [0.25, 0.3) is 0 Å². The van der Waals surface area contributed by atoms with Gasteiger partial charge in [-0.1, -0.05) is 6.07 Å². The summed E-state index contributed by atoms with van der Waals surface area (Å²) in [5, 5.41) is 9.22. The zero-order valence-corrected chi connectivity index (χ0v) is 13.3. The van der Waals surface area contributed by atoms with Crippen molar-refractivity contribution in [3.05, 3.63) is 23.8 Å². The zero-order valence-electron chi connectivity index (χ0n) is 12.4. The van der Waals surface area contributed by atoms with Gasteiger partial charge in [-0.15, -0.1) is 0 Å². The Morgan fingerprint density at radius 3 is 2.48 bits per heavy atom. The van der Waals surface area contributed by atoms with E-state index in [0.29, 0.717) is 18.7 Å². The van der Waals surface area contributed by atoms with Crippen LogP contribution in [0.5, 0.6) is 5.75 Å². The van der Waals surface area contributed by atoms with Crippen LogP contribution in [0.4, 0.5) is 0 Å². The predicted octanol–water partition coefficient (Wildman–Crippen LogP) is 0.985. The van der Waals surface area contributed by atoms with E-state index in [4.69, 9.17) is 9.47 Å². The van der Waals surface area contributed by atoms with Gasteiger partial charge in [0.05, 0.1) is 25.9 Å². The maximum Gasteiger partial charge on any atom is 0.246 e. The van der Waals surface area contributed by atoms with Crippen LogP contribution in [0, 0.1) is 0 Å². The van der Waals surface area contributed by atoms with Gasteiger partial charge in [0.15, 0.2) is 0 Å². The molecular formula is C14H21NO5S. The van der Waals surface area contributed by atoms with Gasteiger partial charge in [-0.3, -0.25) is 0 Å². The molecule has 0 spiro atoms. The number of sulfonamides is 1. The van der Waals surface area contributed by atoms with Crippen LogP contribution in [0.15, 0.2) is 23.1 Å². The second-order valence-electron chi connectivity index (χ2n) is 5.22. The molecule has 1 heterocycles. The van der Waals surface area contributed by atoms with Gasteiger partial charge in [-0.2, -0.15) is 4.31 Å². The normalized spacial score (nSPS) is 24.0. The van der Waals surface area contributed by atoms with Crippen molar-refractivity contribution in [1.29, 1.82) is 0 Å². The summed E-state index contributed by atoms with van der Waals surface area (Å²) in [6, 6.07) is 4.66. The molecule has 7 heteroatoms. The fraction of sp³-hybridized carbons (Fsp3) is 0.571. The Kier molecular flexibility index (Phi) is 4.88. The third kappa shape index (κ3) is 3.37. The largest absolute Gasteiger partial charge is 0.495 e. The number of morpholine rings is 1. The number of aliphatic hydroxyl groups excluding tert-OH is 1. The van der Waals surface area contributed by atoms with Crippen LogP contribution in [-0.4, -0.2) is 50.2 Å². The summed E-state index contributed by atoms with van der Waals surface area (Å²) in [6.07, 6.45) is -0.314. The number of rotatable bonds is 4. The molecule has 0 aromatic heterocycles. The van der Waals surface area contributed by atoms with Crippen molar-refractivity contribution in [3.63, 3.8) is 0 Å². The molecule has 1 aliphatic rings. The van der Waals surface area contributed by atoms with Crippen molar-refractivity contribution in [3.8, 4) is 5.75 Å². The highest BCUT2D eigenvalue weighted by Gasteiger charge is 2.34. The van der Waals surface area contributed by atoms with Crippen molar-refractivity contribution < 1.29 is 23.0 Å². The lowest BCUT2D eigenvalue weighted by Crippen LogP contribution is -2.48. The zero-order chi connectivity index (χ0) is 15.6. The van der Waals surface area contributed by atoms with E-state index in [9.17, 15) is 13.5 Å². The molecule has 2 rings (SSSR count). The SMILES string of the molecule is COc1ccc(CO)cc1S(=O)(=O)N1CC(C)OC(C)C1. The highest BCUT2D eigenvalue weighted by molar-refractivity contribution is 7.89. The van der Waals surface area contributed by atoms with E-state index in [0.717, 1.165) is 0 Å². The Hall–Kier alpha value is -1.15. The summed E-state index contributed by atoms with van der Waals surface area (Å²) in [5.74, 6) is 0.277. The molecule has 118 valence electrons. The topological polar surface area (TPSA) is 76.1 Å². The molecule has 0 bridgehead atoms. The minimum atomic E-state index is -3.69. The third-order valence-electron chi connectivity index (χ3n) is 3.41. The fourth-order valence-electron chi connectivity index (χ4n) is 2.49. The molecule has 1 aliphatic heterocycles. The van der Waals surface area contributed by atoms with Crippen LogP contribution in [0.1, 0.15) is 19.4 Å². The van der Waals surface area contributed by atoms with E-state index >= 15 is 0 Å². The standard InChI is InChI=1S/C14H21NO5S/c1-10-7-15(8-11(2)20-10)21(17,18)14-6-12(9-16)4-5-13(14)19-3/h4-6,10-11,16H,7-9H2,1-3H3.